The van der Waals surface area contributed by atoms with Gasteiger partial charge in [-0.05, 0) is 17.7 Å². The zero-order valence-corrected chi connectivity index (χ0v) is 13.3. The average molecular weight is 334 g/mol. The molecule has 0 radical (unpaired) electrons. The Morgan fingerprint density at radius 1 is 1.46 bits per heavy atom. The number of hydrogen-bond acceptors (Lipinski definition) is 6. The molecule has 1 aromatic rings. The summed E-state index contributed by atoms with van der Waals surface area (Å²) in [6, 6.07) is 5.58. The largest absolute Gasteiger partial charge is 0.445 e. The standard InChI is InChI=1S/C16H15FN2O5/c1-16(2)23-13(15(21)24-16)7-14(20)19(22-3)9-10-4-5-12(17)11(6-10)8-18/h4-7H,9H2,1-3H3. The van der Waals surface area contributed by atoms with Crippen LogP contribution in [0.15, 0.2) is 30.0 Å². The van der Waals surface area contributed by atoms with E-state index in [1.807, 2.05) is 0 Å². The minimum absolute atomic E-state index is 0.0491. The highest BCUT2D eigenvalue weighted by Gasteiger charge is 2.38. The molecule has 126 valence electrons. The van der Waals surface area contributed by atoms with Crippen LogP contribution >= 0.6 is 0 Å². The molecule has 7 nitrogen and oxygen atoms in total. The van der Waals surface area contributed by atoms with Gasteiger partial charge in [-0.25, -0.2) is 14.2 Å². The number of hydroxylamine groups is 2. The number of hydrogen-bond donors (Lipinski definition) is 0. The lowest BCUT2D eigenvalue weighted by atomic mass is 10.1. The molecular weight excluding hydrogens is 319 g/mol. The van der Waals surface area contributed by atoms with Crippen LogP contribution in [0.4, 0.5) is 4.39 Å². The molecule has 0 N–H and O–H groups in total. The van der Waals surface area contributed by atoms with Crippen LogP contribution < -0.4 is 0 Å². The molecule has 0 saturated carbocycles. The van der Waals surface area contributed by atoms with Crippen LogP contribution in [0.25, 0.3) is 0 Å². The maximum Gasteiger partial charge on any atom is 0.377 e. The van der Waals surface area contributed by atoms with Gasteiger partial charge >= 0.3 is 5.97 Å². The molecule has 0 aromatic heterocycles. The molecule has 0 atom stereocenters. The van der Waals surface area contributed by atoms with Gasteiger partial charge in [0.15, 0.2) is 0 Å². The van der Waals surface area contributed by atoms with Gasteiger partial charge in [-0.15, -0.1) is 0 Å². The Kier molecular flexibility index (Phi) is 4.85. The quantitative estimate of drug-likeness (QED) is 0.474. The number of ether oxygens (including phenoxy) is 2. The molecular formula is C16H15FN2O5. The van der Waals surface area contributed by atoms with Crippen molar-refractivity contribution in [3.8, 4) is 6.07 Å². The van der Waals surface area contributed by atoms with Gasteiger partial charge in [0, 0.05) is 13.8 Å². The van der Waals surface area contributed by atoms with Gasteiger partial charge < -0.3 is 9.47 Å². The molecule has 1 saturated heterocycles. The first kappa shape index (κ1) is 17.4. The lowest BCUT2D eigenvalue weighted by Crippen LogP contribution is -2.28. The summed E-state index contributed by atoms with van der Waals surface area (Å²) >= 11 is 0. The molecule has 24 heavy (non-hydrogen) atoms. The number of carbonyl (C=O) groups excluding carboxylic acids is 2. The molecule has 1 aliphatic heterocycles. The van der Waals surface area contributed by atoms with Gasteiger partial charge in [0.2, 0.25) is 11.5 Å². The van der Waals surface area contributed by atoms with E-state index in [1.165, 1.54) is 33.1 Å². The number of rotatable bonds is 4. The summed E-state index contributed by atoms with van der Waals surface area (Å²) < 4.78 is 23.5. The molecule has 1 aliphatic rings. The van der Waals surface area contributed by atoms with Gasteiger partial charge in [0.25, 0.3) is 5.91 Å². The topological polar surface area (TPSA) is 88.9 Å². The van der Waals surface area contributed by atoms with Gasteiger partial charge in [0.1, 0.15) is 11.9 Å². The number of nitrogens with zero attached hydrogens (tertiary/aromatic N) is 2. The second-order valence-electron chi connectivity index (χ2n) is 5.38. The predicted molar refractivity (Wildman–Crippen MR) is 78.0 cm³/mol. The van der Waals surface area contributed by atoms with Crippen LogP contribution in [0.5, 0.6) is 0 Å². The van der Waals surface area contributed by atoms with E-state index in [9.17, 15) is 14.0 Å². The molecule has 0 aliphatic carbocycles. The number of nitriles is 1. The second-order valence-corrected chi connectivity index (χ2v) is 5.38. The zero-order valence-electron chi connectivity index (χ0n) is 13.3. The maximum absolute atomic E-state index is 13.3. The van der Waals surface area contributed by atoms with E-state index in [-0.39, 0.29) is 17.9 Å². The summed E-state index contributed by atoms with van der Waals surface area (Å²) in [5, 5.41) is 9.77. The van der Waals surface area contributed by atoms with E-state index < -0.39 is 23.5 Å². The third kappa shape index (κ3) is 3.88. The molecule has 0 unspecified atom stereocenters. The lowest BCUT2D eigenvalue weighted by Gasteiger charge is -2.18. The summed E-state index contributed by atoms with van der Waals surface area (Å²) in [7, 11) is 1.27. The van der Waals surface area contributed by atoms with Crippen molar-refractivity contribution in [2.45, 2.75) is 26.2 Å². The van der Waals surface area contributed by atoms with Gasteiger partial charge in [0.05, 0.1) is 25.3 Å². The number of carbonyl (C=O) groups is 2. The minimum Gasteiger partial charge on any atom is -0.445 e. The molecule has 0 bridgehead atoms. The molecule has 0 spiro atoms. The monoisotopic (exact) mass is 334 g/mol. The molecule has 1 fully saturated rings. The second kappa shape index (κ2) is 6.68. The van der Waals surface area contributed by atoms with Crippen molar-refractivity contribution in [3.05, 3.63) is 47.0 Å². The van der Waals surface area contributed by atoms with Crippen LogP contribution in [0.1, 0.15) is 25.0 Å². The van der Waals surface area contributed by atoms with Gasteiger partial charge in [-0.1, -0.05) is 6.07 Å². The minimum atomic E-state index is -1.14. The zero-order chi connectivity index (χ0) is 17.9. The van der Waals surface area contributed by atoms with E-state index in [0.717, 1.165) is 17.2 Å². The van der Waals surface area contributed by atoms with Crippen molar-refractivity contribution >= 4 is 11.9 Å². The number of amides is 1. The Balaban J connectivity index is 2.16. The fraction of sp³-hybridized carbons (Fsp3) is 0.312. The number of esters is 1. The first-order chi connectivity index (χ1) is 11.3. The van der Waals surface area contributed by atoms with Crippen LogP contribution in [-0.2, 0) is 30.4 Å². The molecule has 1 aromatic carbocycles. The van der Waals surface area contributed by atoms with Crippen molar-refractivity contribution in [3.63, 3.8) is 0 Å². The number of benzene rings is 1. The van der Waals surface area contributed by atoms with Gasteiger partial charge in [-0.3, -0.25) is 9.63 Å². The summed E-state index contributed by atoms with van der Waals surface area (Å²) in [6.07, 6.45) is 0.954. The van der Waals surface area contributed by atoms with Crippen LogP contribution in [0, 0.1) is 17.1 Å². The van der Waals surface area contributed by atoms with E-state index in [4.69, 9.17) is 19.6 Å². The van der Waals surface area contributed by atoms with Gasteiger partial charge in [-0.2, -0.15) is 5.26 Å². The fourth-order valence-electron chi connectivity index (χ4n) is 2.03. The summed E-state index contributed by atoms with van der Waals surface area (Å²) in [4.78, 5) is 28.8. The first-order valence-corrected chi connectivity index (χ1v) is 6.94. The predicted octanol–water partition coefficient (Wildman–Crippen LogP) is 1.78. The van der Waals surface area contributed by atoms with Crippen molar-refractivity contribution < 1.29 is 28.3 Å². The SMILES string of the molecule is CON(Cc1ccc(F)c(C#N)c1)C(=O)C=C1OC(C)(C)OC1=O. The Morgan fingerprint density at radius 2 is 2.17 bits per heavy atom. The Bertz CT molecular complexity index is 751. The van der Waals surface area contributed by atoms with Crippen molar-refractivity contribution in [2.75, 3.05) is 7.11 Å². The average Bonchev–Trinajstić information content (AvgIpc) is 2.78. The Morgan fingerprint density at radius 3 is 2.71 bits per heavy atom. The molecule has 8 heteroatoms. The highest BCUT2D eigenvalue weighted by molar-refractivity contribution is 5.97. The Hall–Kier alpha value is -2.92. The van der Waals surface area contributed by atoms with E-state index in [1.54, 1.807) is 6.07 Å². The van der Waals surface area contributed by atoms with Crippen molar-refractivity contribution in [1.82, 2.24) is 5.06 Å². The normalized spacial score (nSPS) is 17.1. The lowest BCUT2D eigenvalue weighted by molar-refractivity contribution is -0.173. The Labute approximate surface area is 137 Å². The summed E-state index contributed by atoms with van der Waals surface area (Å²) in [5.74, 6) is -3.44. The number of cyclic esters (lactones) is 1. The van der Waals surface area contributed by atoms with E-state index >= 15 is 0 Å². The van der Waals surface area contributed by atoms with Crippen molar-refractivity contribution in [2.24, 2.45) is 0 Å². The fourth-order valence-corrected chi connectivity index (χ4v) is 2.03. The van der Waals surface area contributed by atoms with Crippen LogP contribution in [0.2, 0.25) is 0 Å². The number of halogens is 1. The molecule has 1 amide bonds. The first-order valence-electron chi connectivity index (χ1n) is 6.94. The van der Waals surface area contributed by atoms with Crippen LogP contribution in [-0.4, -0.2) is 29.8 Å². The van der Waals surface area contributed by atoms with E-state index in [2.05, 4.69) is 0 Å². The van der Waals surface area contributed by atoms with E-state index in [0.29, 0.717) is 5.56 Å². The third-order valence-corrected chi connectivity index (χ3v) is 3.09. The van der Waals surface area contributed by atoms with Crippen LogP contribution in [0.3, 0.4) is 0 Å². The summed E-state index contributed by atoms with van der Waals surface area (Å²) in [6.45, 7) is 3.02. The smallest absolute Gasteiger partial charge is 0.377 e. The third-order valence-electron chi connectivity index (χ3n) is 3.09. The highest BCUT2D eigenvalue weighted by Crippen LogP contribution is 2.26. The van der Waals surface area contributed by atoms with Crippen molar-refractivity contribution in [1.29, 1.82) is 5.26 Å². The summed E-state index contributed by atoms with van der Waals surface area (Å²) in [5.41, 5.74) is 0.343. The maximum atomic E-state index is 13.3. The highest BCUT2D eigenvalue weighted by atomic mass is 19.1. The molecule has 2 rings (SSSR count). The molecule has 1 heterocycles.